The van der Waals surface area contributed by atoms with Crippen molar-refractivity contribution in [3.63, 3.8) is 0 Å². The summed E-state index contributed by atoms with van der Waals surface area (Å²) < 4.78 is 5.31. The normalized spacial score (nSPS) is 21.6. The topological polar surface area (TPSA) is 66.0 Å². The molecular formula is C9H16N4O. The number of nitrogen functional groups attached to an aromatic ring is 1. The van der Waals surface area contributed by atoms with Crippen molar-refractivity contribution in [2.75, 3.05) is 18.9 Å². The van der Waals surface area contributed by atoms with Crippen molar-refractivity contribution in [1.29, 1.82) is 0 Å². The van der Waals surface area contributed by atoms with Crippen LogP contribution in [0.5, 0.6) is 0 Å². The van der Waals surface area contributed by atoms with Crippen molar-refractivity contribution >= 4 is 5.82 Å². The lowest BCUT2D eigenvalue weighted by atomic mass is 10.0. The van der Waals surface area contributed by atoms with Crippen LogP contribution in [0.4, 0.5) is 5.82 Å². The Morgan fingerprint density at radius 2 is 2.57 bits per heavy atom. The van der Waals surface area contributed by atoms with Gasteiger partial charge in [-0.3, -0.25) is 0 Å². The Morgan fingerprint density at radius 3 is 3.21 bits per heavy atom. The molecule has 2 rings (SSSR count). The molecule has 0 saturated carbocycles. The largest absolute Gasteiger partial charge is 0.381 e. The smallest absolute Gasteiger partial charge is 0.165 e. The molecule has 1 aliphatic heterocycles. The minimum atomic E-state index is 0.495. The van der Waals surface area contributed by atoms with Crippen LogP contribution >= 0.6 is 0 Å². The van der Waals surface area contributed by atoms with Crippen LogP contribution in [0.3, 0.4) is 0 Å². The number of aromatic nitrogens is 3. The standard InChI is InChI=1S/C9H16N4O/c10-9-6-11-13(12-9)4-1-2-8-3-5-14-7-8/h6,8H,1-5,7H2,(H2,10,12). The molecule has 14 heavy (non-hydrogen) atoms. The number of hydrogen-bond donors (Lipinski definition) is 1. The van der Waals surface area contributed by atoms with Gasteiger partial charge in [0.2, 0.25) is 0 Å². The minimum absolute atomic E-state index is 0.495. The molecule has 78 valence electrons. The highest BCUT2D eigenvalue weighted by molar-refractivity contribution is 5.19. The van der Waals surface area contributed by atoms with Crippen LogP contribution in [0.15, 0.2) is 6.20 Å². The van der Waals surface area contributed by atoms with E-state index in [-0.39, 0.29) is 0 Å². The monoisotopic (exact) mass is 196 g/mol. The van der Waals surface area contributed by atoms with E-state index in [9.17, 15) is 0 Å². The summed E-state index contributed by atoms with van der Waals surface area (Å²) in [5.41, 5.74) is 5.46. The van der Waals surface area contributed by atoms with E-state index >= 15 is 0 Å². The first-order valence-electron chi connectivity index (χ1n) is 5.08. The fourth-order valence-electron chi connectivity index (χ4n) is 1.75. The lowest BCUT2D eigenvalue weighted by Gasteiger charge is -2.05. The first kappa shape index (κ1) is 9.45. The lowest BCUT2D eigenvalue weighted by Crippen LogP contribution is -2.06. The van der Waals surface area contributed by atoms with E-state index in [1.165, 1.54) is 12.8 Å². The van der Waals surface area contributed by atoms with Gasteiger partial charge in [-0.25, -0.2) is 0 Å². The summed E-state index contributed by atoms with van der Waals surface area (Å²) in [7, 11) is 0. The summed E-state index contributed by atoms with van der Waals surface area (Å²) in [6.07, 6.45) is 5.08. The summed E-state index contributed by atoms with van der Waals surface area (Å²) in [5.74, 6) is 1.23. The summed E-state index contributed by atoms with van der Waals surface area (Å²) >= 11 is 0. The molecule has 0 bridgehead atoms. The van der Waals surface area contributed by atoms with Gasteiger partial charge in [0.25, 0.3) is 0 Å². The molecule has 0 spiro atoms. The highest BCUT2D eigenvalue weighted by Crippen LogP contribution is 2.17. The molecule has 0 aromatic carbocycles. The fourth-order valence-corrected chi connectivity index (χ4v) is 1.75. The second kappa shape index (κ2) is 4.41. The fraction of sp³-hybridized carbons (Fsp3) is 0.778. The zero-order valence-corrected chi connectivity index (χ0v) is 8.22. The van der Waals surface area contributed by atoms with Crippen LogP contribution < -0.4 is 5.73 Å². The number of hydrogen-bond acceptors (Lipinski definition) is 4. The third-order valence-corrected chi connectivity index (χ3v) is 2.55. The van der Waals surface area contributed by atoms with E-state index in [2.05, 4.69) is 10.2 Å². The predicted molar refractivity (Wildman–Crippen MR) is 52.6 cm³/mol. The molecule has 1 aliphatic rings. The maximum atomic E-state index is 5.46. The van der Waals surface area contributed by atoms with Crippen molar-refractivity contribution < 1.29 is 4.74 Å². The van der Waals surface area contributed by atoms with Crippen LogP contribution in [0.1, 0.15) is 19.3 Å². The average Bonchev–Trinajstić information content (AvgIpc) is 2.77. The first-order valence-corrected chi connectivity index (χ1v) is 5.08. The molecule has 2 N–H and O–H groups in total. The van der Waals surface area contributed by atoms with E-state index in [0.29, 0.717) is 5.82 Å². The van der Waals surface area contributed by atoms with E-state index in [1.54, 1.807) is 11.0 Å². The predicted octanol–water partition coefficient (Wildman–Crippen LogP) is 0.677. The number of rotatable bonds is 4. The molecule has 1 fully saturated rings. The number of aryl methyl sites for hydroxylation is 1. The minimum Gasteiger partial charge on any atom is -0.381 e. The van der Waals surface area contributed by atoms with E-state index in [4.69, 9.17) is 10.5 Å². The number of ether oxygens (including phenoxy) is 1. The molecule has 1 aromatic heterocycles. The Bertz CT molecular complexity index is 280. The van der Waals surface area contributed by atoms with Crippen molar-refractivity contribution in [1.82, 2.24) is 15.0 Å². The average molecular weight is 196 g/mol. The lowest BCUT2D eigenvalue weighted by molar-refractivity contribution is 0.183. The molecule has 1 atom stereocenters. The second-order valence-corrected chi connectivity index (χ2v) is 3.74. The maximum absolute atomic E-state index is 5.46. The molecule has 1 unspecified atom stereocenters. The van der Waals surface area contributed by atoms with Gasteiger partial charge in [0, 0.05) is 13.2 Å². The SMILES string of the molecule is Nc1cnn(CCCC2CCOC2)n1. The summed E-state index contributed by atoms with van der Waals surface area (Å²) in [5, 5.41) is 8.06. The Balaban J connectivity index is 1.67. The third-order valence-electron chi connectivity index (χ3n) is 2.55. The Kier molecular flexibility index (Phi) is 2.98. The van der Waals surface area contributed by atoms with Gasteiger partial charge in [-0.2, -0.15) is 9.90 Å². The molecular weight excluding hydrogens is 180 g/mol. The van der Waals surface area contributed by atoms with Gasteiger partial charge in [-0.15, -0.1) is 5.10 Å². The first-order chi connectivity index (χ1) is 6.84. The molecule has 5 heteroatoms. The van der Waals surface area contributed by atoms with Crippen LogP contribution in [0.25, 0.3) is 0 Å². The Hall–Kier alpha value is -1.10. The second-order valence-electron chi connectivity index (χ2n) is 3.74. The molecule has 2 heterocycles. The van der Waals surface area contributed by atoms with Crippen LogP contribution in [0, 0.1) is 5.92 Å². The molecule has 0 amide bonds. The summed E-state index contributed by atoms with van der Waals surface area (Å²) in [6.45, 7) is 2.71. The highest BCUT2D eigenvalue weighted by atomic mass is 16.5. The zero-order chi connectivity index (χ0) is 9.80. The number of nitrogens with two attached hydrogens (primary N) is 1. The van der Waals surface area contributed by atoms with E-state index in [0.717, 1.165) is 32.1 Å². The van der Waals surface area contributed by atoms with Crippen LogP contribution in [0.2, 0.25) is 0 Å². The number of anilines is 1. The van der Waals surface area contributed by atoms with E-state index in [1.807, 2.05) is 0 Å². The Labute approximate surface area is 83.2 Å². The highest BCUT2D eigenvalue weighted by Gasteiger charge is 2.14. The summed E-state index contributed by atoms with van der Waals surface area (Å²) in [6, 6.07) is 0. The summed E-state index contributed by atoms with van der Waals surface area (Å²) in [4.78, 5) is 1.66. The molecule has 1 aromatic rings. The molecule has 0 aliphatic carbocycles. The van der Waals surface area contributed by atoms with Crippen molar-refractivity contribution in [3.8, 4) is 0 Å². The van der Waals surface area contributed by atoms with Crippen LogP contribution in [-0.4, -0.2) is 28.2 Å². The van der Waals surface area contributed by atoms with Gasteiger partial charge in [0.1, 0.15) is 0 Å². The zero-order valence-electron chi connectivity index (χ0n) is 8.22. The maximum Gasteiger partial charge on any atom is 0.165 e. The van der Waals surface area contributed by atoms with Gasteiger partial charge in [0.15, 0.2) is 5.82 Å². The van der Waals surface area contributed by atoms with Crippen LogP contribution in [-0.2, 0) is 11.3 Å². The quantitative estimate of drug-likeness (QED) is 0.769. The third kappa shape index (κ3) is 2.45. The van der Waals surface area contributed by atoms with E-state index < -0.39 is 0 Å². The van der Waals surface area contributed by atoms with Gasteiger partial charge in [-0.1, -0.05) is 0 Å². The van der Waals surface area contributed by atoms with Gasteiger partial charge in [-0.05, 0) is 25.2 Å². The van der Waals surface area contributed by atoms with Gasteiger partial charge < -0.3 is 10.5 Å². The van der Waals surface area contributed by atoms with Gasteiger partial charge in [0.05, 0.1) is 12.7 Å². The van der Waals surface area contributed by atoms with Crippen molar-refractivity contribution in [2.45, 2.75) is 25.8 Å². The van der Waals surface area contributed by atoms with Crippen molar-refractivity contribution in [2.24, 2.45) is 5.92 Å². The van der Waals surface area contributed by atoms with Crippen molar-refractivity contribution in [3.05, 3.63) is 6.20 Å². The molecule has 1 saturated heterocycles. The molecule has 5 nitrogen and oxygen atoms in total. The van der Waals surface area contributed by atoms with Gasteiger partial charge >= 0.3 is 0 Å². The molecule has 0 radical (unpaired) electrons. The Morgan fingerprint density at radius 1 is 1.64 bits per heavy atom. The number of nitrogens with zero attached hydrogens (tertiary/aromatic N) is 3.